The van der Waals surface area contributed by atoms with Gasteiger partial charge in [0.25, 0.3) is 0 Å². The maximum Gasteiger partial charge on any atom is 0.0491 e. The van der Waals surface area contributed by atoms with Crippen LogP contribution < -0.4 is 0 Å². The minimum absolute atomic E-state index is 1.14. The van der Waals surface area contributed by atoms with Crippen LogP contribution in [-0.2, 0) is 6.54 Å². The zero-order valence-electron chi connectivity index (χ0n) is 11.2. The number of halogens is 1. The van der Waals surface area contributed by atoms with Crippen LogP contribution in [0.25, 0.3) is 10.9 Å². The summed E-state index contributed by atoms with van der Waals surface area (Å²) in [6.07, 6.45) is 10.4. The Morgan fingerprint density at radius 2 is 1.78 bits per heavy atom. The van der Waals surface area contributed by atoms with Gasteiger partial charge >= 0.3 is 0 Å². The van der Waals surface area contributed by atoms with Gasteiger partial charge in [-0.1, -0.05) is 61.0 Å². The molecule has 0 aliphatic carbocycles. The fraction of sp³-hybridized carbons (Fsp3) is 0.500. The Kier molecular flexibility index (Phi) is 5.30. The molecule has 1 aromatic carbocycles. The number of fused-ring (bicyclic) bond motifs is 1. The summed E-state index contributed by atoms with van der Waals surface area (Å²) in [4.78, 5) is 0. The van der Waals surface area contributed by atoms with Gasteiger partial charge in [-0.3, -0.25) is 0 Å². The Balaban J connectivity index is 1.86. The van der Waals surface area contributed by atoms with Crippen molar-refractivity contribution in [1.29, 1.82) is 0 Å². The molecule has 2 rings (SSSR count). The lowest BCUT2D eigenvalue weighted by atomic mass is 10.1. The van der Waals surface area contributed by atoms with Gasteiger partial charge in [0.1, 0.15) is 0 Å². The highest BCUT2D eigenvalue weighted by atomic mass is 79.9. The van der Waals surface area contributed by atoms with Crippen molar-refractivity contribution in [3.63, 3.8) is 0 Å². The van der Waals surface area contributed by atoms with E-state index in [-0.39, 0.29) is 0 Å². The van der Waals surface area contributed by atoms with Gasteiger partial charge in [-0.05, 0) is 24.6 Å². The van der Waals surface area contributed by atoms with Crippen molar-refractivity contribution in [2.75, 3.05) is 0 Å². The summed E-state index contributed by atoms with van der Waals surface area (Å²) in [6, 6.07) is 8.63. The average Bonchev–Trinajstić information content (AvgIpc) is 2.79. The van der Waals surface area contributed by atoms with E-state index in [4.69, 9.17) is 0 Å². The zero-order chi connectivity index (χ0) is 12.8. The monoisotopic (exact) mass is 307 g/mol. The van der Waals surface area contributed by atoms with Crippen molar-refractivity contribution in [1.82, 2.24) is 4.57 Å². The van der Waals surface area contributed by atoms with Gasteiger partial charge in [0.2, 0.25) is 0 Å². The molecule has 0 aliphatic heterocycles. The Bertz CT molecular complexity index is 487. The van der Waals surface area contributed by atoms with E-state index in [1.54, 1.807) is 0 Å². The number of aromatic nitrogens is 1. The van der Waals surface area contributed by atoms with Crippen molar-refractivity contribution in [2.24, 2.45) is 0 Å². The van der Waals surface area contributed by atoms with Crippen LogP contribution >= 0.6 is 15.9 Å². The molecule has 0 radical (unpaired) electrons. The molecule has 2 heteroatoms. The van der Waals surface area contributed by atoms with Gasteiger partial charge in [-0.25, -0.2) is 0 Å². The van der Waals surface area contributed by atoms with Gasteiger partial charge in [0, 0.05) is 28.1 Å². The maximum absolute atomic E-state index is 3.61. The Morgan fingerprint density at radius 3 is 2.61 bits per heavy atom. The van der Waals surface area contributed by atoms with Crippen LogP contribution in [0.4, 0.5) is 0 Å². The molecule has 0 atom stereocenters. The Hall–Kier alpha value is -0.760. The fourth-order valence-electron chi connectivity index (χ4n) is 2.44. The molecule has 0 bridgehead atoms. The number of hydrogen-bond donors (Lipinski definition) is 0. The lowest BCUT2D eigenvalue weighted by molar-refractivity contribution is 0.565. The first kappa shape index (κ1) is 13.7. The van der Waals surface area contributed by atoms with Crippen LogP contribution in [0.15, 0.2) is 34.9 Å². The lowest BCUT2D eigenvalue weighted by Gasteiger charge is -2.05. The zero-order valence-corrected chi connectivity index (χ0v) is 12.7. The number of rotatable bonds is 7. The van der Waals surface area contributed by atoms with Gasteiger partial charge in [-0.2, -0.15) is 0 Å². The molecule has 1 heterocycles. The SMILES string of the molecule is CCCCCCCCn1ccc2c(Br)cccc21. The van der Waals surface area contributed by atoms with Gasteiger partial charge in [0.15, 0.2) is 0 Å². The molecular weight excluding hydrogens is 286 g/mol. The largest absolute Gasteiger partial charge is 0.347 e. The summed E-state index contributed by atoms with van der Waals surface area (Å²) < 4.78 is 3.57. The Morgan fingerprint density at radius 1 is 1.00 bits per heavy atom. The highest BCUT2D eigenvalue weighted by molar-refractivity contribution is 9.10. The van der Waals surface area contributed by atoms with Crippen molar-refractivity contribution >= 4 is 26.8 Å². The molecule has 2 aromatic rings. The first-order chi connectivity index (χ1) is 8.83. The summed E-state index contributed by atoms with van der Waals surface area (Å²) in [5.74, 6) is 0. The third kappa shape index (κ3) is 3.38. The molecule has 0 aliphatic rings. The first-order valence-corrected chi connectivity index (χ1v) is 7.85. The maximum atomic E-state index is 3.61. The van der Waals surface area contributed by atoms with Crippen LogP contribution in [0.1, 0.15) is 45.4 Å². The molecule has 1 nitrogen and oxygen atoms in total. The van der Waals surface area contributed by atoms with Crippen LogP contribution in [0.3, 0.4) is 0 Å². The molecule has 0 fully saturated rings. The molecule has 0 saturated heterocycles. The number of benzene rings is 1. The second kappa shape index (κ2) is 6.98. The number of aryl methyl sites for hydroxylation is 1. The summed E-state index contributed by atoms with van der Waals surface area (Å²) in [5, 5.41) is 1.32. The van der Waals surface area contributed by atoms with Crippen LogP contribution in [0, 0.1) is 0 Å². The van der Waals surface area contributed by atoms with Gasteiger partial charge in [0.05, 0.1) is 0 Å². The summed E-state index contributed by atoms with van der Waals surface area (Å²) in [7, 11) is 0. The van der Waals surface area contributed by atoms with Gasteiger partial charge in [-0.15, -0.1) is 0 Å². The van der Waals surface area contributed by atoms with E-state index in [9.17, 15) is 0 Å². The van der Waals surface area contributed by atoms with E-state index in [1.807, 2.05) is 0 Å². The van der Waals surface area contributed by atoms with E-state index < -0.39 is 0 Å². The molecule has 1 aromatic heterocycles. The fourth-order valence-corrected chi connectivity index (χ4v) is 2.93. The quantitative estimate of drug-likeness (QED) is 0.573. The third-order valence-electron chi connectivity index (χ3n) is 3.51. The van der Waals surface area contributed by atoms with Crippen molar-refractivity contribution in [3.05, 3.63) is 34.9 Å². The molecule has 0 amide bonds. The number of nitrogens with zero attached hydrogens (tertiary/aromatic N) is 1. The van der Waals surface area contributed by atoms with E-state index >= 15 is 0 Å². The third-order valence-corrected chi connectivity index (χ3v) is 4.20. The van der Waals surface area contributed by atoms with Crippen molar-refractivity contribution in [2.45, 2.75) is 52.0 Å². The van der Waals surface area contributed by atoms with Gasteiger partial charge < -0.3 is 4.57 Å². The number of unbranched alkanes of at least 4 members (excludes halogenated alkanes) is 5. The average molecular weight is 308 g/mol. The summed E-state index contributed by atoms with van der Waals surface area (Å²) >= 11 is 3.61. The standard InChI is InChI=1S/C16H22BrN/c1-2-3-4-5-6-7-12-18-13-11-14-15(17)9-8-10-16(14)18/h8-11,13H,2-7,12H2,1H3. The highest BCUT2D eigenvalue weighted by Crippen LogP contribution is 2.25. The highest BCUT2D eigenvalue weighted by Gasteiger charge is 2.02. The molecule has 98 valence electrons. The molecule has 0 N–H and O–H groups in total. The Labute approximate surface area is 118 Å². The van der Waals surface area contributed by atoms with Crippen molar-refractivity contribution < 1.29 is 0 Å². The second-order valence-electron chi connectivity index (χ2n) is 4.95. The smallest absolute Gasteiger partial charge is 0.0491 e. The molecule has 0 saturated carbocycles. The first-order valence-electron chi connectivity index (χ1n) is 7.06. The molecular formula is C16H22BrN. The van der Waals surface area contributed by atoms with E-state index in [0.717, 1.165) is 6.54 Å². The number of hydrogen-bond acceptors (Lipinski definition) is 0. The normalized spacial score (nSPS) is 11.2. The van der Waals surface area contributed by atoms with Crippen LogP contribution in [0.2, 0.25) is 0 Å². The topological polar surface area (TPSA) is 4.93 Å². The van der Waals surface area contributed by atoms with E-state index in [1.165, 1.54) is 53.9 Å². The second-order valence-corrected chi connectivity index (χ2v) is 5.80. The summed E-state index contributed by atoms with van der Waals surface area (Å²) in [5.41, 5.74) is 1.35. The molecule has 0 unspecified atom stereocenters. The minimum atomic E-state index is 1.14. The van der Waals surface area contributed by atoms with Crippen LogP contribution in [0.5, 0.6) is 0 Å². The predicted octanol–water partition coefficient (Wildman–Crippen LogP) is 5.76. The predicted molar refractivity (Wildman–Crippen MR) is 83.0 cm³/mol. The van der Waals surface area contributed by atoms with E-state index in [2.05, 4.69) is 57.9 Å². The molecule has 0 spiro atoms. The van der Waals surface area contributed by atoms with E-state index in [0.29, 0.717) is 0 Å². The minimum Gasteiger partial charge on any atom is -0.347 e. The molecule has 18 heavy (non-hydrogen) atoms. The summed E-state index contributed by atoms with van der Waals surface area (Å²) in [6.45, 7) is 3.41. The van der Waals surface area contributed by atoms with Crippen molar-refractivity contribution in [3.8, 4) is 0 Å². The lowest BCUT2D eigenvalue weighted by Crippen LogP contribution is -1.95. The van der Waals surface area contributed by atoms with Crippen LogP contribution in [-0.4, -0.2) is 4.57 Å².